The van der Waals surface area contributed by atoms with Crippen molar-refractivity contribution in [2.24, 2.45) is 5.11 Å². The lowest BCUT2D eigenvalue weighted by Crippen LogP contribution is -1.79. The quantitative estimate of drug-likeness (QED) is 0.432. The minimum Gasteiger partial charge on any atom is -0.441 e. The lowest BCUT2D eigenvalue weighted by molar-refractivity contribution is 0.525. The van der Waals surface area contributed by atoms with E-state index in [0.717, 1.165) is 29.8 Å². The second kappa shape index (κ2) is 4.02. The zero-order valence-corrected chi connectivity index (χ0v) is 8.34. The van der Waals surface area contributed by atoms with Crippen LogP contribution < -0.4 is 0 Å². The first kappa shape index (κ1) is 9.55. The van der Waals surface area contributed by atoms with Crippen LogP contribution in [0.1, 0.15) is 19.2 Å². The molecule has 0 aliphatic heterocycles. The molecule has 5 heteroatoms. The van der Waals surface area contributed by atoms with Gasteiger partial charge < -0.3 is 4.42 Å². The fraction of sp³-hybridized carbons (Fsp3) is 0.300. The highest BCUT2D eigenvalue weighted by atomic mass is 16.3. The van der Waals surface area contributed by atoms with Gasteiger partial charge in [-0.3, -0.25) is 0 Å². The van der Waals surface area contributed by atoms with Gasteiger partial charge in [-0.25, -0.2) is 4.98 Å². The van der Waals surface area contributed by atoms with Crippen molar-refractivity contribution in [2.45, 2.75) is 19.8 Å². The molecule has 0 saturated heterocycles. The van der Waals surface area contributed by atoms with E-state index in [1.165, 1.54) is 0 Å². The lowest BCUT2D eigenvalue weighted by atomic mass is 10.3. The molecule has 0 spiro atoms. The maximum Gasteiger partial charge on any atom is 0.195 e. The molecule has 0 aliphatic carbocycles. The van der Waals surface area contributed by atoms with Gasteiger partial charge in [0.15, 0.2) is 11.5 Å². The Morgan fingerprint density at radius 3 is 3.13 bits per heavy atom. The van der Waals surface area contributed by atoms with Crippen LogP contribution in [0, 0.1) is 0 Å². The van der Waals surface area contributed by atoms with Crippen molar-refractivity contribution < 1.29 is 4.42 Å². The summed E-state index contributed by atoms with van der Waals surface area (Å²) in [6.45, 7) is 2.07. The van der Waals surface area contributed by atoms with Crippen LogP contribution in [0.3, 0.4) is 0 Å². The van der Waals surface area contributed by atoms with Crippen LogP contribution in [-0.2, 0) is 6.42 Å². The van der Waals surface area contributed by atoms with Crippen molar-refractivity contribution in [1.29, 1.82) is 0 Å². The van der Waals surface area contributed by atoms with Crippen LogP contribution in [0.5, 0.6) is 0 Å². The second-order valence-corrected chi connectivity index (χ2v) is 3.20. The molecule has 0 fully saturated rings. The van der Waals surface area contributed by atoms with Gasteiger partial charge in [-0.15, -0.1) is 0 Å². The molecule has 0 bridgehead atoms. The number of nitrogens with zero attached hydrogens (tertiary/aromatic N) is 4. The number of oxazole rings is 1. The predicted molar refractivity (Wildman–Crippen MR) is 56.8 cm³/mol. The summed E-state index contributed by atoms with van der Waals surface area (Å²) in [7, 11) is 0. The topological polar surface area (TPSA) is 74.8 Å². The third-order valence-electron chi connectivity index (χ3n) is 2.04. The molecule has 0 amide bonds. The van der Waals surface area contributed by atoms with Crippen LogP contribution in [0.25, 0.3) is 21.5 Å². The molecule has 0 saturated carbocycles. The van der Waals surface area contributed by atoms with E-state index >= 15 is 0 Å². The number of rotatable bonds is 3. The van der Waals surface area contributed by atoms with Crippen molar-refractivity contribution in [3.05, 3.63) is 34.5 Å². The molecule has 15 heavy (non-hydrogen) atoms. The molecule has 0 N–H and O–H groups in total. The third-order valence-corrected chi connectivity index (χ3v) is 2.04. The van der Waals surface area contributed by atoms with Crippen LogP contribution in [0.15, 0.2) is 27.7 Å². The van der Waals surface area contributed by atoms with Crippen LogP contribution in [0.2, 0.25) is 0 Å². The standard InChI is InChI=1S/C10H10N4O/c1-2-3-10-12-8-6-7(13-14-11)4-5-9(8)15-10/h4-6H,2-3H2,1H3. The fourth-order valence-corrected chi connectivity index (χ4v) is 1.40. The average molecular weight is 202 g/mol. The number of aryl methyl sites for hydroxylation is 1. The van der Waals surface area contributed by atoms with Gasteiger partial charge in [0.25, 0.3) is 0 Å². The lowest BCUT2D eigenvalue weighted by Gasteiger charge is -1.88. The molecule has 2 rings (SSSR count). The highest BCUT2D eigenvalue weighted by Gasteiger charge is 2.04. The van der Waals surface area contributed by atoms with E-state index in [1.807, 2.05) is 0 Å². The summed E-state index contributed by atoms with van der Waals surface area (Å²) in [6.07, 6.45) is 1.82. The first-order chi connectivity index (χ1) is 7.33. The van der Waals surface area contributed by atoms with E-state index in [2.05, 4.69) is 21.9 Å². The number of fused-ring (bicyclic) bond motifs is 1. The highest BCUT2D eigenvalue weighted by Crippen LogP contribution is 2.22. The fourth-order valence-electron chi connectivity index (χ4n) is 1.40. The van der Waals surface area contributed by atoms with Gasteiger partial charge in [-0.1, -0.05) is 12.0 Å². The van der Waals surface area contributed by atoms with Crippen molar-refractivity contribution in [1.82, 2.24) is 4.98 Å². The molecule has 2 aromatic rings. The Morgan fingerprint density at radius 2 is 2.40 bits per heavy atom. The van der Waals surface area contributed by atoms with Gasteiger partial charge in [0.05, 0.1) is 0 Å². The molecule has 0 radical (unpaired) electrons. The van der Waals surface area contributed by atoms with Gasteiger partial charge >= 0.3 is 0 Å². The zero-order valence-electron chi connectivity index (χ0n) is 8.34. The number of azide groups is 1. The Hall–Kier alpha value is -2.00. The summed E-state index contributed by atoms with van der Waals surface area (Å²) in [6, 6.07) is 5.20. The zero-order chi connectivity index (χ0) is 10.7. The first-order valence-electron chi connectivity index (χ1n) is 4.78. The molecule has 0 unspecified atom stereocenters. The smallest absolute Gasteiger partial charge is 0.195 e. The Balaban J connectivity index is 2.47. The molecular weight excluding hydrogens is 192 g/mol. The SMILES string of the molecule is CCCc1nc2cc(N=[N+]=[N-])ccc2o1. The second-order valence-electron chi connectivity index (χ2n) is 3.20. The number of benzene rings is 1. The molecule has 76 valence electrons. The molecule has 1 aromatic carbocycles. The van der Waals surface area contributed by atoms with E-state index in [1.54, 1.807) is 18.2 Å². The maximum absolute atomic E-state index is 8.30. The third kappa shape index (κ3) is 1.92. The van der Waals surface area contributed by atoms with Crippen LogP contribution in [0.4, 0.5) is 5.69 Å². The monoisotopic (exact) mass is 202 g/mol. The van der Waals surface area contributed by atoms with Gasteiger partial charge in [-0.05, 0) is 30.2 Å². The van der Waals surface area contributed by atoms with Gasteiger partial charge in [0, 0.05) is 17.0 Å². The highest BCUT2D eigenvalue weighted by molar-refractivity contribution is 5.76. The van der Waals surface area contributed by atoms with E-state index < -0.39 is 0 Å². The minimum atomic E-state index is 0.557. The molecule has 0 atom stereocenters. The van der Waals surface area contributed by atoms with E-state index in [-0.39, 0.29) is 0 Å². The molecule has 1 aromatic heterocycles. The molecule has 0 aliphatic rings. The van der Waals surface area contributed by atoms with Crippen molar-refractivity contribution in [2.75, 3.05) is 0 Å². The summed E-state index contributed by atoms with van der Waals surface area (Å²) < 4.78 is 5.50. The van der Waals surface area contributed by atoms with Gasteiger partial charge in [0.2, 0.25) is 0 Å². The molecule has 5 nitrogen and oxygen atoms in total. The first-order valence-corrected chi connectivity index (χ1v) is 4.78. The van der Waals surface area contributed by atoms with Gasteiger partial charge in [-0.2, -0.15) is 0 Å². The Bertz CT molecular complexity index is 525. The Labute approximate surface area is 86.4 Å². The van der Waals surface area contributed by atoms with Crippen molar-refractivity contribution in [3.63, 3.8) is 0 Å². The molecule has 1 heterocycles. The summed E-state index contributed by atoms with van der Waals surface area (Å²) >= 11 is 0. The number of hydrogen-bond donors (Lipinski definition) is 0. The van der Waals surface area contributed by atoms with Crippen molar-refractivity contribution in [3.8, 4) is 0 Å². The average Bonchev–Trinajstić information content (AvgIpc) is 2.60. The van der Waals surface area contributed by atoms with Gasteiger partial charge in [0.1, 0.15) is 5.52 Å². The summed E-state index contributed by atoms with van der Waals surface area (Å²) in [4.78, 5) is 7.02. The Kier molecular flexibility index (Phi) is 2.56. The normalized spacial score (nSPS) is 10.2. The van der Waals surface area contributed by atoms with E-state index in [0.29, 0.717) is 5.69 Å². The van der Waals surface area contributed by atoms with E-state index in [4.69, 9.17) is 9.95 Å². The maximum atomic E-state index is 8.30. The summed E-state index contributed by atoms with van der Waals surface area (Å²) in [5, 5.41) is 3.51. The van der Waals surface area contributed by atoms with Crippen LogP contribution >= 0.6 is 0 Å². The molecular formula is C10H10N4O. The number of aromatic nitrogens is 1. The summed E-state index contributed by atoms with van der Waals surface area (Å²) in [5.41, 5.74) is 10.3. The predicted octanol–water partition coefficient (Wildman–Crippen LogP) is 3.72. The van der Waals surface area contributed by atoms with Crippen molar-refractivity contribution >= 4 is 16.8 Å². The largest absolute Gasteiger partial charge is 0.441 e. The van der Waals surface area contributed by atoms with E-state index in [9.17, 15) is 0 Å². The number of hydrogen-bond acceptors (Lipinski definition) is 3. The Morgan fingerprint density at radius 1 is 1.53 bits per heavy atom. The van der Waals surface area contributed by atoms with Crippen LogP contribution in [-0.4, -0.2) is 4.98 Å². The summed E-state index contributed by atoms with van der Waals surface area (Å²) in [5.74, 6) is 0.727. The minimum absolute atomic E-state index is 0.557.